The summed E-state index contributed by atoms with van der Waals surface area (Å²) in [5.74, 6) is 0.0950. The first kappa shape index (κ1) is 30.8. The Bertz CT molecular complexity index is 2220. The summed E-state index contributed by atoms with van der Waals surface area (Å²) in [4.78, 5) is 36.7. The summed E-state index contributed by atoms with van der Waals surface area (Å²) in [6, 6.07) is 14.3. The number of carbonyl (C=O) groups is 1. The van der Waals surface area contributed by atoms with E-state index in [1.54, 1.807) is 11.9 Å². The van der Waals surface area contributed by atoms with Crippen LogP contribution in [0.4, 0.5) is 14.6 Å². The van der Waals surface area contributed by atoms with Crippen LogP contribution in [-0.4, -0.2) is 90.1 Å². The van der Waals surface area contributed by atoms with Gasteiger partial charge >= 0.3 is 0 Å². The number of pyridine rings is 1. The molecule has 3 atom stereocenters. The SMILES string of the molecule is CCO[C@@H]1CN(C)C(=O)[C@@H]2C[C@@H](CN2c2ncnc3c2cnn3-c2ccc(F)cc2F)Oc2cccc(n2)-c2cccc3nc(C)n(c23)C1. The lowest BCUT2D eigenvalue weighted by Crippen LogP contribution is -2.47. The first-order valence-electron chi connectivity index (χ1n) is 16.2. The lowest BCUT2D eigenvalue weighted by Gasteiger charge is -2.31. The van der Waals surface area contributed by atoms with E-state index in [9.17, 15) is 13.6 Å². The number of imidazole rings is 1. The maximum absolute atomic E-state index is 14.8. The molecule has 2 aromatic carbocycles. The fourth-order valence-electron chi connectivity index (χ4n) is 7.03. The molecule has 0 unspecified atom stereocenters. The number of aromatic nitrogens is 7. The second-order valence-corrected chi connectivity index (χ2v) is 12.3. The van der Waals surface area contributed by atoms with E-state index in [-0.39, 0.29) is 17.7 Å². The van der Waals surface area contributed by atoms with Crippen LogP contribution >= 0.6 is 0 Å². The zero-order chi connectivity index (χ0) is 33.8. The minimum Gasteiger partial charge on any atom is -0.472 e. The van der Waals surface area contributed by atoms with Gasteiger partial charge in [-0.3, -0.25) is 4.79 Å². The molecule has 2 aliphatic heterocycles. The van der Waals surface area contributed by atoms with Gasteiger partial charge in [-0.15, -0.1) is 0 Å². The van der Waals surface area contributed by atoms with Gasteiger partial charge in [0.1, 0.15) is 41.6 Å². The molecule has 0 N–H and O–H groups in total. The van der Waals surface area contributed by atoms with Crippen LogP contribution in [-0.2, 0) is 16.1 Å². The molecule has 0 saturated carbocycles. The van der Waals surface area contributed by atoms with E-state index < -0.39 is 23.8 Å². The highest BCUT2D eigenvalue weighted by Gasteiger charge is 2.42. The van der Waals surface area contributed by atoms with Gasteiger partial charge in [0.25, 0.3) is 0 Å². The molecule has 1 amide bonds. The molecule has 4 aromatic heterocycles. The number of nitrogens with zero attached hydrogens (tertiary/aromatic N) is 9. The second kappa shape index (κ2) is 12.2. The van der Waals surface area contributed by atoms with Crippen LogP contribution in [0.25, 0.3) is 39.0 Å². The van der Waals surface area contributed by atoms with E-state index in [1.807, 2.05) is 55.1 Å². The zero-order valence-electron chi connectivity index (χ0n) is 27.1. The number of halogens is 2. The van der Waals surface area contributed by atoms with E-state index in [4.69, 9.17) is 19.4 Å². The smallest absolute Gasteiger partial charge is 0.245 e. The van der Waals surface area contributed by atoms with Crippen LogP contribution in [0.5, 0.6) is 5.88 Å². The predicted molar refractivity (Wildman–Crippen MR) is 177 cm³/mol. The number of hydrogen-bond acceptors (Lipinski definition) is 9. The van der Waals surface area contributed by atoms with Crippen molar-refractivity contribution in [2.75, 3.05) is 31.6 Å². The molecule has 1 fully saturated rings. The van der Waals surface area contributed by atoms with Gasteiger partial charge in [-0.05, 0) is 38.1 Å². The molecular weight excluding hydrogens is 632 g/mol. The quantitative estimate of drug-likeness (QED) is 0.264. The van der Waals surface area contributed by atoms with Crippen molar-refractivity contribution in [2.24, 2.45) is 0 Å². The largest absolute Gasteiger partial charge is 0.472 e. The fourth-order valence-corrected chi connectivity index (χ4v) is 7.03. The van der Waals surface area contributed by atoms with Crippen molar-refractivity contribution in [2.45, 2.75) is 45.1 Å². The summed E-state index contributed by atoms with van der Waals surface area (Å²) in [5.41, 5.74) is 3.81. The van der Waals surface area contributed by atoms with Crippen LogP contribution in [0, 0.1) is 18.6 Å². The Labute approximate surface area is 279 Å². The lowest BCUT2D eigenvalue weighted by molar-refractivity contribution is -0.133. The number of carbonyl (C=O) groups excluding carboxylic acids is 1. The first-order valence-corrected chi connectivity index (χ1v) is 16.2. The molecule has 14 heteroatoms. The third-order valence-corrected chi connectivity index (χ3v) is 9.19. The van der Waals surface area contributed by atoms with Gasteiger partial charge in [0, 0.05) is 44.3 Å². The molecule has 8 rings (SSSR count). The molecule has 6 heterocycles. The minimum atomic E-state index is -0.782. The summed E-state index contributed by atoms with van der Waals surface area (Å²) in [7, 11) is 1.78. The minimum absolute atomic E-state index is 0.0392. The molecule has 12 nitrogen and oxygen atoms in total. The average molecular weight is 666 g/mol. The van der Waals surface area contributed by atoms with Crippen molar-refractivity contribution in [3.8, 4) is 22.8 Å². The number of amides is 1. The van der Waals surface area contributed by atoms with Crippen molar-refractivity contribution in [3.05, 3.63) is 84.6 Å². The number of ether oxygens (including phenoxy) is 2. The standard InChI is InChI=1S/C35H33F2N9O3/c1-4-48-23-16-43(3)35(47)30-14-22(49-31-10-6-8-27(42-31)24-7-5-9-28-32(24)44(18-23)20(2)41-28)17-45(30)33-25-15-40-46(34(25)39-19-38-33)29-12-11-21(36)13-26(29)37/h5-13,15,19,22-23,30H,4,14,16-18H2,1-3H3/t22-,23+,30-/m0/s1. The Balaban J connectivity index is 1.22. The van der Waals surface area contributed by atoms with Gasteiger partial charge in [0.15, 0.2) is 11.5 Å². The lowest BCUT2D eigenvalue weighted by atomic mass is 10.1. The second-order valence-electron chi connectivity index (χ2n) is 12.3. The summed E-state index contributed by atoms with van der Waals surface area (Å²) in [5, 5.41) is 4.88. The molecule has 4 bridgehead atoms. The Kier molecular flexibility index (Phi) is 7.66. The topological polar surface area (TPSA) is 116 Å². The van der Waals surface area contributed by atoms with Crippen LogP contribution in [0.15, 0.2) is 67.1 Å². The molecule has 6 aromatic rings. The molecule has 2 aliphatic rings. The number of benzene rings is 2. The Morgan fingerprint density at radius 2 is 1.88 bits per heavy atom. The van der Waals surface area contributed by atoms with Crippen molar-refractivity contribution in [1.29, 1.82) is 0 Å². The maximum Gasteiger partial charge on any atom is 0.245 e. The van der Waals surface area contributed by atoms with E-state index in [0.717, 1.165) is 40.2 Å². The Morgan fingerprint density at radius 3 is 2.71 bits per heavy atom. The van der Waals surface area contributed by atoms with E-state index >= 15 is 0 Å². The number of rotatable bonds is 4. The third-order valence-electron chi connectivity index (χ3n) is 9.19. The summed E-state index contributed by atoms with van der Waals surface area (Å²) in [6.45, 7) is 5.50. The van der Waals surface area contributed by atoms with Crippen LogP contribution in [0.2, 0.25) is 0 Å². The number of hydrogen-bond donors (Lipinski definition) is 0. The molecule has 1 saturated heterocycles. The normalized spacial score (nSPS) is 19.7. The van der Waals surface area contributed by atoms with Crippen LogP contribution in [0.1, 0.15) is 19.2 Å². The summed E-state index contributed by atoms with van der Waals surface area (Å²) < 4.78 is 44.7. The first-order chi connectivity index (χ1) is 23.8. The van der Waals surface area contributed by atoms with E-state index in [2.05, 4.69) is 19.6 Å². The van der Waals surface area contributed by atoms with E-state index in [1.165, 1.54) is 23.3 Å². The van der Waals surface area contributed by atoms with Gasteiger partial charge in [0.2, 0.25) is 11.8 Å². The van der Waals surface area contributed by atoms with Crippen molar-refractivity contribution in [1.82, 2.24) is 39.2 Å². The highest BCUT2D eigenvalue weighted by Crippen LogP contribution is 2.35. The number of para-hydroxylation sites is 1. The maximum atomic E-state index is 14.8. The monoisotopic (exact) mass is 665 g/mol. The van der Waals surface area contributed by atoms with Crippen molar-refractivity contribution in [3.63, 3.8) is 0 Å². The highest BCUT2D eigenvalue weighted by atomic mass is 19.1. The van der Waals surface area contributed by atoms with Gasteiger partial charge in [0.05, 0.1) is 47.5 Å². The summed E-state index contributed by atoms with van der Waals surface area (Å²) >= 11 is 0. The summed E-state index contributed by atoms with van der Waals surface area (Å²) in [6.07, 6.45) is 2.49. The van der Waals surface area contributed by atoms with Crippen molar-refractivity contribution < 1.29 is 23.0 Å². The van der Waals surface area contributed by atoms with Gasteiger partial charge in [-0.25, -0.2) is 33.4 Å². The zero-order valence-corrected chi connectivity index (χ0v) is 27.1. The van der Waals surface area contributed by atoms with Gasteiger partial charge < -0.3 is 23.8 Å². The molecular formula is C35H33F2N9O3. The Morgan fingerprint density at radius 1 is 1.02 bits per heavy atom. The van der Waals surface area contributed by atoms with Gasteiger partial charge in [-0.2, -0.15) is 5.10 Å². The number of anilines is 1. The molecule has 0 aliphatic carbocycles. The number of aryl methyl sites for hydroxylation is 1. The average Bonchev–Trinajstić information content (AvgIpc) is 3.79. The Hall–Kier alpha value is -5.50. The third kappa shape index (κ3) is 5.41. The number of fused-ring (bicyclic) bond motifs is 6. The highest BCUT2D eigenvalue weighted by molar-refractivity contribution is 5.93. The number of likely N-dealkylation sites (N-methyl/N-ethyl adjacent to an activating group) is 1. The van der Waals surface area contributed by atoms with E-state index in [0.29, 0.717) is 55.4 Å². The predicted octanol–water partition coefficient (Wildman–Crippen LogP) is 4.72. The fraction of sp³-hybridized carbons (Fsp3) is 0.314. The molecule has 0 radical (unpaired) electrons. The van der Waals surface area contributed by atoms with Crippen LogP contribution < -0.4 is 9.64 Å². The molecule has 49 heavy (non-hydrogen) atoms. The van der Waals surface area contributed by atoms with Crippen molar-refractivity contribution >= 4 is 33.8 Å². The van der Waals surface area contributed by atoms with Gasteiger partial charge in [-0.1, -0.05) is 18.2 Å². The van der Waals surface area contributed by atoms with Crippen LogP contribution in [0.3, 0.4) is 0 Å². The molecule has 250 valence electrons. The molecule has 0 spiro atoms.